The Balaban J connectivity index is 1.68. The molecule has 1 aliphatic rings. The fraction of sp³-hybridized carbons (Fsp3) is 0.273. The molecule has 4 aromatic carbocycles. The summed E-state index contributed by atoms with van der Waals surface area (Å²) >= 11 is 0. The lowest BCUT2D eigenvalue weighted by Gasteiger charge is -2.35. The Morgan fingerprint density at radius 1 is 0.545 bits per heavy atom. The van der Waals surface area contributed by atoms with Gasteiger partial charge in [-0.1, -0.05) is 124 Å². The fourth-order valence-corrected chi connectivity index (χ4v) is 5.47. The highest BCUT2D eigenvalue weighted by Gasteiger charge is 2.31. The van der Waals surface area contributed by atoms with Gasteiger partial charge in [-0.3, -0.25) is 0 Å². The van der Waals surface area contributed by atoms with Crippen LogP contribution < -0.4 is 0 Å². The topological polar surface area (TPSA) is 0 Å². The van der Waals surface area contributed by atoms with Crippen molar-refractivity contribution in [3.8, 4) is 0 Å². The van der Waals surface area contributed by atoms with Gasteiger partial charge >= 0.3 is 0 Å². The van der Waals surface area contributed by atoms with Crippen molar-refractivity contribution in [3.63, 3.8) is 0 Å². The van der Waals surface area contributed by atoms with E-state index >= 15 is 0 Å². The maximum absolute atomic E-state index is 2.45. The largest absolute Gasteiger partial charge is 0.0648 e. The van der Waals surface area contributed by atoms with E-state index in [1.165, 1.54) is 44.5 Å². The van der Waals surface area contributed by atoms with E-state index in [4.69, 9.17) is 0 Å². The van der Waals surface area contributed by atoms with Crippen LogP contribution in [-0.4, -0.2) is 0 Å². The van der Waals surface area contributed by atoms with Crippen LogP contribution in [0, 0.1) is 5.41 Å². The molecular weight excluding hydrogens is 396 g/mol. The zero-order valence-corrected chi connectivity index (χ0v) is 20.1. The number of hydrogen-bond acceptors (Lipinski definition) is 0. The van der Waals surface area contributed by atoms with Gasteiger partial charge in [-0.15, -0.1) is 0 Å². The molecule has 8 bridgehead atoms. The number of hydrogen-bond donors (Lipinski definition) is 0. The van der Waals surface area contributed by atoms with Crippen LogP contribution in [0.4, 0.5) is 0 Å². The Kier molecular flexibility index (Phi) is 5.94. The Morgan fingerprint density at radius 2 is 0.879 bits per heavy atom. The Bertz CT molecular complexity index is 1170. The van der Waals surface area contributed by atoms with Crippen molar-refractivity contribution in [3.05, 3.63) is 142 Å². The summed E-state index contributed by atoms with van der Waals surface area (Å²) < 4.78 is 0. The lowest BCUT2D eigenvalue weighted by Crippen LogP contribution is -2.23. The molecule has 0 fully saturated rings. The molecule has 0 amide bonds. The molecule has 0 saturated carbocycles. The molecule has 5 rings (SSSR count). The monoisotopic (exact) mass is 430 g/mol. The third-order valence-corrected chi connectivity index (χ3v) is 7.47. The molecule has 4 aromatic rings. The maximum atomic E-state index is 2.45. The molecule has 0 atom stereocenters. The Hall–Kier alpha value is -3.12. The number of fused-ring (bicyclic) bond motifs is 8. The summed E-state index contributed by atoms with van der Waals surface area (Å²) in [7, 11) is 0. The minimum absolute atomic E-state index is 0.169. The van der Waals surface area contributed by atoms with Crippen molar-refractivity contribution < 1.29 is 0 Å². The molecule has 0 aromatic heterocycles. The van der Waals surface area contributed by atoms with Gasteiger partial charge in [0.1, 0.15) is 0 Å². The van der Waals surface area contributed by atoms with Crippen LogP contribution in [-0.2, 0) is 19.3 Å². The van der Waals surface area contributed by atoms with Gasteiger partial charge in [-0.05, 0) is 69.2 Å². The molecule has 0 N–H and O–H groups in total. The first-order chi connectivity index (χ1) is 16.0. The lowest BCUT2D eigenvalue weighted by molar-refractivity contribution is 0.305. The molecule has 0 radical (unpaired) electrons. The highest BCUT2D eigenvalue weighted by atomic mass is 14.3. The predicted octanol–water partition coefficient (Wildman–Crippen LogP) is 8.34. The highest BCUT2D eigenvalue weighted by Crippen LogP contribution is 2.43. The van der Waals surface area contributed by atoms with Gasteiger partial charge in [0.15, 0.2) is 0 Å². The van der Waals surface area contributed by atoms with Gasteiger partial charge < -0.3 is 0 Å². The summed E-state index contributed by atoms with van der Waals surface area (Å²) in [5.74, 6) is 0.368. The third-order valence-electron chi connectivity index (χ3n) is 7.47. The first kappa shape index (κ1) is 21.7. The van der Waals surface area contributed by atoms with E-state index < -0.39 is 0 Å². The van der Waals surface area contributed by atoms with E-state index in [9.17, 15) is 0 Å². The molecule has 0 saturated heterocycles. The lowest BCUT2D eigenvalue weighted by atomic mass is 9.69. The minimum Gasteiger partial charge on any atom is -0.0648 e. The molecule has 0 heterocycles. The summed E-state index contributed by atoms with van der Waals surface area (Å²) in [6.45, 7) is 7.16. The van der Waals surface area contributed by atoms with Crippen molar-refractivity contribution in [1.82, 2.24) is 0 Å². The van der Waals surface area contributed by atoms with E-state index in [2.05, 4.69) is 118 Å². The molecule has 0 heteroatoms. The summed E-state index contributed by atoms with van der Waals surface area (Å²) in [6.07, 6.45) is 4.06. The van der Waals surface area contributed by atoms with E-state index in [-0.39, 0.29) is 5.41 Å². The summed E-state index contributed by atoms with van der Waals surface area (Å²) in [6, 6.07) is 36.9. The van der Waals surface area contributed by atoms with Crippen LogP contribution in [0.2, 0.25) is 0 Å². The average Bonchev–Trinajstić information content (AvgIpc) is 2.80. The van der Waals surface area contributed by atoms with E-state index in [1.807, 2.05) is 0 Å². The maximum Gasteiger partial charge on any atom is 0.0141 e. The van der Waals surface area contributed by atoms with Crippen LogP contribution in [0.15, 0.2) is 97.1 Å². The van der Waals surface area contributed by atoms with Crippen LogP contribution in [0.1, 0.15) is 77.6 Å². The van der Waals surface area contributed by atoms with Gasteiger partial charge in [-0.2, -0.15) is 0 Å². The molecular formula is C33H34. The first-order valence-electron chi connectivity index (χ1n) is 12.3. The molecule has 0 aliphatic heterocycles. The van der Waals surface area contributed by atoms with Gasteiger partial charge in [0.25, 0.3) is 0 Å². The third kappa shape index (κ3) is 4.81. The Labute approximate surface area is 199 Å². The number of rotatable bonds is 2. The SMILES string of the molecule is CCC(C)(C)C1c2cccc(c2)Cc2cccc(c2)Cc2cccc(c2)Cc2cccc1c2. The zero-order chi connectivity index (χ0) is 22.8. The van der Waals surface area contributed by atoms with Gasteiger partial charge in [-0.25, -0.2) is 0 Å². The van der Waals surface area contributed by atoms with Crippen molar-refractivity contribution >= 4 is 0 Å². The second kappa shape index (κ2) is 9.02. The molecule has 1 aliphatic carbocycles. The van der Waals surface area contributed by atoms with Crippen molar-refractivity contribution in [2.24, 2.45) is 5.41 Å². The molecule has 0 spiro atoms. The summed E-state index contributed by atoms with van der Waals surface area (Å²) in [4.78, 5) is 0. The van der Waals surface area contributed by atoms with Gasteiger partial charge in [0.2, 0.25) is 0 Å². The van der Waals surface area contributed by atoms with E-state index in [0.29, 0.717) is 5.92 Å². The quantitative estimate of drug-likeness (QED) is 0.300. The fourth-order valence-electron chi connectivity index (χ4n) is 5.47. The smallest absolute Gasteiger partial charge is 0.0141 e. The molecule has 166 valence electrons. The first-order valence-corrected chi connectivity index (χ1v) is 12.3. The second-order valence-electron chi connectivity index (χ2n) is 10.4. The van der Waals surface area contributed by atoms with Crippen LogP contribution >= 0.6 is 0 Å². The van der Waals surface area contributed by atoms with E-state index in [0.717, 1.165) is 25.7 Å². The van der Waals surface area contributed by atoms with Crippen LogP contribution in [0.5, 0.6) is 0 Å². The predicted molar refractivity (Wildman–Crippen MR) is 140 cm³/mol. The van der Waals surface area contributed by atoms with Crippen molar-refractivity contribution in [2.45, 2.75) is 52.4 Å². The second-order valence-corrected chi connectivity index (χ2v) is 10.4. The Morgan fingerprint density at radius 3 is 1.24 bits per heavy atom. The molecule has 0 nitrogen and oxygen atoms in total. The normalized spacial score (nSPS) is 14.2. The zero-order valence-electron chi connectivity index (χ0n) is 20.1. The summed E-state index contributed by atoms with van der Waals surface area (Å²) in [5.41, 5.74) is 11.4. The number of benzene rings is 4. The molecule has 33 heavy (non-hydrogen) atoms. The minimum atomic E-state index is 0.169. The average molecular weight is 431 g/mol. The van der Waals surface area contributed by atoms with Gasteiger partial charge in [0.05, 0.1) is 0 Å². The van der Waals surface area contributed by atoms with Gasteiger partial charge in [0, 0.05) is 5.92 Å². The van der Waals surface area contributed by atoms with Crippen LogP contribution in [0.25, 0.3) is 0 Å². The van der Waals surface area contributed by atoms with Crippen LogP contribution in [0.3, 0.4) is 0 Å². The summed E-state index contributed by atoms with van der Waals surface area (Å²) in [5, 5.41) is 0. The highest BCUT2D eigenvalue weighted by molar-refractivity contribution is 5.42. The van der Waals surface area contributed by atoms with Crippen molar-refractivity contribution in [2.75, 3.05) is 0 Å². The standard InChI is InChI=1S/C33H34/c1-4-33(2,3)32-30-15-7-13-28(22-30)20-26-11-5-9-24(18-26)17-25-10-6-12-27(19-25)21-29-14-8-16-31(32)23-29/h5-16,18-19,22-23,32H,4,17,20-21H2,1-3H3. The van der Waals surface area contributed by atoms with E-state index in [1.54, 1.807) is 0 Å². The molecule has 0 unspecified atom stereocenters. The van der Waals surface area contributed by atoms with Crippen molar-refractivity contribution in [1.29, 1.82) is 0 Å².